The molecule has 5 heteroatoms. The van der Waals surface area contributed by atoms with Gasteiger partial charge in [0, 0.05) is 5.56 Å². The predicted octanol–water partition coefficient (Wildman–Crippen LogP) is 2.01. The second kappa shape index (κ2) is 5.15. The van der Waals surface area contributed by atoms with Gasteiger partial charge in [0.25, 0.3) is 0 Å². The standard InChI is InChI=1S/C13H12N4O/c1-3-8-17-13(11(9-14)15-16-17)10-6-4-5-7-12(10)18-2/h3-7H,1,8H2,2H3. The summed E-state index contributed by atoms with van der Waals surface area (Å²) < 4.78 is 6.93. The first kappa shape index (κ1) is 11.9. The second-order valence-electron chi connectivity index (χ2n) is 3.57. The number of aromatic nitrogens is 3. The van der Waals surface area contributed by atoms with Crippen LogP contribution in [-0.4, -0.2) is 22.1 Å². The third-order valence-electron chi connectivity index (χ3n) is 2.51. The van der Waals surface area contributed by atoms with Crippen LogP contribution in [-0.2, 0) is 6.54 Å². The second-order valence-corrected chi connectivity index (χ2v) is 3.57. The van der Waals surface area contributed by atoms with E-state index in [1.54, 1.807) is 17.9 Å². The average molecular weight is 240 g/mol. The van der Waals surface area contributed by atoms with E-state index in [1.807, 2.05) is 30.3 Å². The van der Waals surface area contributed by atoms with Crippen LogP contribution in [0.4, 0.5) is 0 Å². The maximum Gasteiger partial charge on any atom is 0.190 e. The first-order valence-corrected chi connectivity index (χ1v) is 5.39. The Morgan fingerprint density at radius 3 is 2.94 bits per heavy atom. The lowest BCUT2D eigenvalue weighted by molar-refractivity contribution is 0.416. The number of nitrogens with zero attached hydrogens (tertiary/aromatic N) is 4. The zero-order chi connectivity index (χ0) is 13.0. The van der Waals surface area contributed by atoms with Gasteiger partial charge in [0.05, 0.1) is 13.7 Å². The van der Waals surface area contributed by atoms with Crippen molar-refractivity contribution in [1.82, 2.24) is 15.0 Å². The smallest absolute Gasteiger partial charge is 0.190 e. The highest BCUT2D eigenvalue weighted by Gasteiger charge is 2.17. The molecule has 0 fully saturated rings. The van der Waals surface area contributed by atoms with Gasteiger partial charge in [0.1, 0.15) is 17.5 Å². The Bertz CT molecular complexity index is 610. The molecule has 18 heavy (non-hydrogen) atoms. The molecule has 0 N–H and O–H groups in total. The Hall–Kier alpha value is -2.61. The van der Waals surface area contributed by atoms with Crippen molar-refractivity contribution in [3.05, 3.63) is 42.6 Å². The van der Waals surface area contributed by atoms with Crippen molar-refractivity contribution in [2.45, 2.75) is 6.54 Å². The van der Waals surface area contributed by atoms with Crippen molar-refractivity contribution in [3.63, 3.8) is 0 Å². The van der Waals surface area contributed by atoms with Gasteiger partial charge in [-0.1, -0.05) is 23.4 Å². The zero-order valence-corrected chi connectivity index (χ0v) is 10.00. The summed E-state index contributed by atoms with van der Waals surface area (Å²) in [6.07, 6.45) is 1.70. The molecule has 2 aromatic rings. The maximum atomic E-state index is 9.09. The molecule has 0 atom stereocenters. The van der Waals surface area contributed by atoms with Crippen molar-refractivity contribution in [2.75, 3.05) is 7.11 Å². The summed E-state index contributed by atoms with van der Waals surface area (Å²) in [5.41, 5.74) is 1.72. The summed E-state index contributed by atoms with van der Waals surface area (Å²) in [4.78, 5) is 0. The van der Waals surface area contributed by atoms with Crippen LogP contribution in [0.15, 0.2) is 36.9 Å². The van der Waals surface area contributed by atoms with E-state index in [0.29, 0.717) is 18.0 Å². The summed E-state index contributed by atoms with van der Waals surface area (Å²) in [6.45, 7) is 4.15. The number of benzene rings is 1. The van der Waals surface area contributed by atoms with Gasteiger partial charge >= 0.3 is 0 Å². The average Bonchev–Trinajstić information content (AvgIpc) is 2.82. The quantitative estimate of drug-likeness (QED) is 0.767. The third kappa shape index (κ3) is 1.96. The summed E-state index contributed by atoms with van der Waals surface area (Å²) in [5, 5.41) is 16.9. The molecule has 0 amide bonds. The van der Waals surface area contributed by atoms with Crippen molar-refractivity contribution in [1.29, 1.82) is 5.26 Å². The molecule has 0 saturated carbocycles. The Labute approximate surface area is 105 Å². The lowest BCUT2D eigenvalue weighted by Gasteiger charge is -2.09. The molecule has 1 aromatic heterocycles. The van der Waals surface area contributed by atoms with Crippen LogP contribution in [0.2, 0.25) is 0 Å². The van der Waals surface area contributed by atoms with E-state index < -0.39 is 0 Å². The van der Waals surface area contributed by atoms with Gasteiger partial charge in [-0.05, 0) is 12.1 Å². The van der Waals surface area contributed by atoms with Crippen molar-refractivity contribution in [3.8, 4) is 23.1 Å². The minimum atomic E-state index is 0.279. The first-order chi connectivity index (χ1) is 8.81. The fraction of sp³-hybridized carbons (Fsp3) is 0.154. The molecule has 5 nitrogen and oxygen atoms in total. The van der Waals surface area contributed by atoms with Gasteiger partial charge in [0.15, 0.2) is 5.69 Å². The van der Waals surface area contributed by atoms with Gasteiger partial charge in [0.2, 0.25) is 0 Å². The monoisotopic (exact) mass is 240 g/mol. The molecule has 1 heterocycles. The largest absolute Gasteiger partial charge is 0.496 e. The number of hydrogen-bond acceptors (Lipinski definition) is 4. The minimum Gasteiger partial charge on any atom is -0.496 e. The van der Waals surface area contributed by atoms with Crippen LogP contribution in [0.3, 0.4) is 0 Å². The van der Waals surface area contributed by atoms with E-state index in [0.717, 1.165) is 5.56 Å². The number of nitriles is 1. The van der Waals surface area contributed by atoms with Gasteiger partial charge in [-0.25, -0.2) is 4.68 Å². The van der Waals surface area contributed by atoms with Crippen molar-refractivity contribution < 1.29 is 4.74 Å². The molecule has 0 aliphatic rings. The molecular weight excluding hydrogens is 228 g/mol. The van der Waals surface area contributed by atoms with Crippen molar-refractivity contribution in [2.24, 2.45) is 0 Å². The number of rotatable bonds is 4. The summed E-state index contributed by atoms with van der Waals surface area (Å²) in [7, 11) is 1.59. The SMILES string of the molecule is C=CCn1nnc(C#N)c1-c1ccccc1OC. The minimum absolute atomic E-state index is 0.279. The molecule has 0 unspecified atom stereocenters. The van der Waals surface area contributed by atoms with Crippen LogP contribution in [0, 0.1) is 11.3 Å². The zero-order valence-electron chi connectivity index (χ0n) is 10.00. The summed E-state index contributed by atoms with van der Waals surface area (Å²) in [6, 6.07) is 9.50. The van der Waals surface area contributed by atoms with E-state index in [-0.39, 0.29) is 5.69 Å². The molecular formula is C13H12N4O. The lowest BCUT2D eigenvalue weighted by Crippen LogP contribution is -2.01. The van der Waals surface area contributed by atoms with Crippen LogP contribution in [0.1, 0.15) is 5.69 Å². The number of hydrogen-bond donors (Lipinski definition) is 0. The Kier molecular flexibility index (Phi) is 3.39. The maximum absolute atomic E-state index is 9.09. The van der Waals surface area contributed by atoms with E-state index in [9.17, 15) is 0 Å². The van der Waals surface area contributed by atoms with E-state index in [1.165, 1.54) is 0 Å². The fourth-order valence-corrected chi connectivity index (χ4v) is 1.75. The molecule has 0 spiro atoms. The molecule has 0 bridgehead atoms. The van der Waals surface area contributed by atoms with Gasteiger partial charge in [-0.3, -0.25) is 0 Å². The number of allylic oxidation sites excluding steroid dienone is 1. The van der Waals surface area contributed by atoms with E-state index in [4.69, 9.17) is 10.00 Å². The van der Waals surface area contributed by atoms with Crippen LogP contribution in [0.25, 0.3) is 11.3 Å². The molecule has 90 valence electrons. The predicted molar refractivity (Wildman–Crippen MR) is 66.9 cm³/mol. The highest BCUT2D eigenvalue weighted by Crippen LogP contribution is 2.30. The highest BCUT2D eigenvalue weighted by atomic mass is 16.5. The molecule has 0 aliphatic heterocycles. The van der Waals surface area contributed by atoms with Gasteiger partial charge < -0.3 is 4.74 Å². The fourth-order valence-electron chi connectivity index (χ4n) is 1.75. The van der Waals surface area contributed by atoms with E-state index in [2.05, 4.69) is 16.9 Å². The van der Waals surface area contributed by atoms with Crippen LogP contribution < -0.4 is 4.74 Å². The van der Waals surface area contributed by atoms with Gasteiger partial charge in [-0.15, -0.1) is 11.7 Å². The molecule has 2 rings (SSSR count). The van der Waals surface area contributed by atoms with Crippen molar-refractivity contribution >= 4 is 0 Å². The molecule has 0 radical (unpaired) electrons. The third-order valence-corrected chi connectivity index (χ3v) is 2.51. The summed E-state index contributed by atoms with van der Waals surface area (Å²) in [5.74, 6) is 0.682. The molecule has 0 aliphatic carbocycles. The highest BCUT2D eigenvalue weighted by molar-refractivity contribution is 5.71. The first-order valence-electron chi connectivity index (χ1n) is 5.39. The topological polar surface area (TPSA) is 63.7 Å². The van der Waals surface area contributed by atoms with E-state index >= 15 is 0 Å². The number of methoxy groups -OCH3 is 1. The molecule has 0 saturated heterocycles. The Balaban J connectivity index is 2.65. The molecule has 1 aromatic carbocycles. The Morgan fingerprint density at radius 1 is 1.50 bits per heavy atom. The normalized spacial score (nSPS) is 9.78. The summed E-state index contributed by atoms with van der Waals surface area (Å²) >= 11 is 0. The van der Waals surface area contributed by atoms with Gasteiger partial charge in [-0.2, -0.15) is 5.26 Å². The number of para-hydroxylation sites is 1. The number of ether oxygens (including phenoxy) is 1. The van der Waals surface area contributed by atoms with Crippen LogP contribution in [0.5, 0.6) is 5.75 Å². The van der Waals surface area contributed by atoms with Crippen LogP contribution >= 0.6 is 0 Å². The lowest BCUT2D eigenvalue weighted by atomic mass is 10.1. The Morgan fingerprint density at radius 2 is 2.28 bits per heavy atom.